The molecule has 1 rings (SSSR count). The van der Waals surface area contributed by atoms with Gasteiger partial charge >= 0.3 is 5.97 Å². The lowest BCUT2D eigenvalue weighted by Crippen LogP contribution is -2.14. The molecule has 0 bridgehead atoms. The normalized spacial score (nSPS) is 30.5. The topological polar surface area (TPSA) is 26.3 Å². The van der Waals surface area contributed by atoms with Crippen LogP contribution in [0.25, 0.3) is 0 Å². The monoisotopic (exact) mass is 156 g/mol. The summed E-state index contributed by atoms with van der Waals surface area (Å²) in [5.74, 6) is 0.484. The Kier molecular flexibility index (Phi) is 2.92. The maximum atomic E-state index is 10.9. The molecular weight excluding hydrogens is 140 g/mol. The molecule has 1 saturated heterocycles. The molecule has 0 aliphatic carbocycles. The molecule has 0 unspecified atom stereocenters. The summed E-state index contributed by atoms with van der Waals surface area (Å²) in [6, 6.07) is 0. The molecule has 64 valence electrons. The minimum absolute atomic E-state index is 0.00435. The molecule has 1 heterocycles. The smallest absolute Gasteiger partial charge is 0.306 e. The molecule has 2 heteroatoms. The Labute approximate surface area is 67.9 Å². The summed E-state index contributed by atoms with van der Waals surface area (Å²) in [4.78, 5) is 10.9. The molecule has 0 saturated carbocycles. The molecule has 1 fully saturated rings. The number of ether oxygens (including phenoxy) is 1. The maximum Gasteiger partial charge on any atom is 0.306 e. The van der Waals surface area contributed by atoms with E-state index in [4.69, 9.17) is 4.74 Å². The van der Waals surface area contributed by atoms with Gasteiger partial charge in [0.2, 0.25) is 0 Å². The molecule has 0 N–H and O–H groups in total. The number of rotatable bonds is 3. The van der Waals surface area contributed by atoms with Crippen LogP contribution in [0.3, 0.4) is 0 Å². The summed E-state index contributed by atoms with van der Waals surface area (Å²) in [5, 5.41) is 0. The Bertz CT molecular complexity index is 142. The number of carbonyl (C=O) groups excluding carboxylic acids is 1. The largest absolute Gasteiger partial charge is 0.462 e. The zero-order valence-corrected chi connectivity index (χ0v) is 7.30. The number of esters is 1. The fourth-order valence-corrected chi connectivity index (χ4v) is 1.65. The molecule has 1 aliphatic rings. The summed E-state index contributed by atoms with van der Waals surface area (Å²) in [6.07, 6.45) is 4.06. The molecule has 11 heavy (non-hydrogen) atoms. The minimum atomic E-state index is -0.00435. The van der Waals surface area contributed by atoms with E-state index in [1.807, 2.05) is 0 Å². The molecule has 0 aromatic carbocycles. The van der Waals surface area contributed by atoms with Crippen LogP contribution in [0.15, 0.2) is 0 Å². The molecule has 2 nitrogen and oxygen atoms in total. The number of carbonyl (C=O) groups is 1. The second kappa shape index (κ2) is 3.74. The molecule has 1 aliphatic heterocycles. The van der Waals surface area contributed by atoms with Crippen molar-refractivity contribution in [2.45, 2.75) is 45.6 Å². The maximum absolute atomic E-state index is 10.9. The van der Waals surface area contributed by atoms with E-state index in [9.17, 15) is 4.79 Å². The van der Waals surface area contributed by atoms with Crippen LogP contribution in [-0.4, -0.2) is 12.1 Å². The van der Waals surface area contributed by atoms with E-state index in [0.717, 1.165) is 19.3 Å². The molecule has 2 atom stereocenters. The average molecular weight is 156 g/mol. The van der Waals surface area contributed by atoms with Crippen LogP contribution in [0.1, 0.15) is 39.5 Å². The van der Waals surface area contributed by atoms with Crippen LogP contribution in [0.5, 0.6) is 0 Å². The van der Waals surface area contributed by atoms with Gasteiger partial charge in [0, 0.05) is 5.92 Å². The standard InChI is InChI=1S/C9H16O2/c1-3-5-8-7(4-2)6-9(10)11-8/h7-8H,3-6H2,1-2H3/t7-,8-/m1/s1. The number of hydrogen-bond donors (Lipinski definition) is 0. The van der Waals surface area contributed by atoms with Gasteiger partial charge in [0.05, 0.1) is 6.42 Å². The van der Waals surface area contributed by atoms with Crippen LogP contribution < -0.4 is 0 Å². The van der Waals surface area contributed by atoms with Gasteiger partial charge in [-0.1, -0.05) is 20.3 Å². The van der Waals surface area contributed by atoms with Gasteiger partial charge in [-0.15, -0.1) is 0 Å². The lowest BCUT2D eigenvalue weighted by Gasteiger charge is -2.13. The van der Waals surface area contributed by atoms with E-state index in [-0.39, 0.29) is 12.1 Å². The second-order valence-corrected chi connectivity index (χ2v) is 3.19. The summed E-state index contributed by atoms with van der Waals surface area (Å²) in [6.45, 7) is 4.24. The zero-order chi connectivity index (χ0) is 8.27. The summed E-state index contributed by atoms with van der Waals surface area (Å²) in [7, 11) is 0. The summed E-state index contributed by atoms with van der Waals surface area (Å²) in [5.41, 5.74) is 0. The first kappa shape index (κ1) is 8.57. The van der Waals surface area contributed by atoms with Crippen LogP contribution in [0.2, 0.25) is 0 Å². The Morgan fingerprint density at radius 3 is 2.82 bits per heavy atom. The number of hydrogen-bond acceptors (Lipinski definition) is 2. The molecule has 0 aromatic heterocycles. The van der Waals surface area contributed by atoms with Gasteiger partial charge in [-0.05, 0) is 12.8 Å². The van der Waals surface area contributed by atoms with Crippen molar-refractivity contribution in [3.63, 3.8) is 0 Å². The van der Waals surface area contributed by atoms with E-state index in [0.29, 0.717) is 12.3 Å². The summed E-state index contributed by atoms with van der Waals surface area (Å²) < 4.78 is 5.17. The minimum Gasteiger partial charge on any atom is -0.462 e. The molecular formula is C9H16O2. The van der Waals surface area contributed by atoms with Crippen molar-refractivity contribution >= 4 is 5.97 Å². The van der Waals surface area contributed by atoms with E-state index >= 15 is 0 Å². The van der Waals surface area contributed by atoms with Crippen molar-refractivity contribution in [3.8, 4) is 0 Å². The predicted molar refractivity (Wildman–Crippen MR) is 43.2 cm³/mol. The fraction of sp³-hybridized carbons (Fsp3) is 0.889. The highest BCUT2D eigenvalue weighted by molar-refractivity contribution is 5.72. The third kappa shape index (κ3) is 1.95. The van der Waals surface area contributed by atoms with Crippen molar-refractivity contribution in [2.24, 2.45) is 5.92 Å². The average Bonchev–Trinajstić information content (AvgIpc) is 2.32. The molecule has 0 spiro atoms. The first-order chi connectivity index (χ1) is 5.27. The van der Waals surface area contributed by atoms with Gasteiger partial charge in [0.15, 0.2) is 0 Å². The van der Waals surface area contributed by atoms with Gasteiger partial charge in [0.25, 0.3) is 0 Å². The Morgan fingerprint density at radius 1 is 1.55 bits per heavy atom. The van der Waals surface area contributed by atoms with Crippen LogP contribution in [0, 0.1) is 5.92 Å². The number of cyclic esters (lactones) is 1. The van der Waals surface area contributed by atoms with Gasteiger partial charge in [0.1, 0.15) is 6.10 Å². The van der Waals surface area contributed by atoms with Crippen molar-refractivity contribution in [1.82, 2.24) is 0 Å². The highest BCUT2D eigenvalue weighted by atomic mass is 16.5. The van der Waals surface area contributed by atoms with Gasteiger partial charge in [-0.3, -0.25) is 4.79 Å². The lowest BCUT2D eigenvalue weighted by molar-refractivity contribution is -0.141. The molecule has 0 radical (unpaired) electrons. The Morgan fingerprint density at radius 2 is 2.27 bits per heavy atom. The van der Waals surface area contributed by atoms with Crippen molar-refractivity contribution in [3.05, 3.63) is 0 Å². The van der Waals surface area contributed by atoms with Gasteiger partial charge in [-0.25, -0.2) is 0 Å². The zero-order valence-electron chi connectivity index (χ0n) is 7.30. The predicted octanol–water partition coefficient (Wildman–Crippen LogP) is 2.13. The van der Waals surface area contributed by atoms with Crippen LogP contribution in [-0.2, 0) is 9.53 Å². The second-order valence-electron chi connectivity index (χ2n) is 3.19. The first-order valence-electron chi connectivity index (χ1n) is 4.47. The fourth-order valence-electron chi connectivity index (χ4n) is 1.65. The highest BCUT2D eigenvalue weighted by Crippen LogP contribution is 2.27. The molecule has 0 aromatic rings. The van der Waals surface area contributed by atoms with E-state index < -0.39 is 0 Å². The van der Waals surface area contributed by atoms with Gasteiger partial charge < -0.3 is 4.74 Å². The summed E-state index contributed by atoms with van der Waals surface area (Å²) >= 11 is 0. The van der Waals surface area contributed by atoms with Crippen molar-refractivity contribution < 1.29 is 9.53 Å². The van der Waals surface area contributed by atoms with Crippen LogP contribution >= 0.6 is 0 Å². The molecule has 0 amide bonds. The quantitative estimate of drug-likeness (QED) is 0.585. The Balaban J connectivity index is 2.43. The SMILES string of the molecule is CCC[C@H]1OC(=O)C[C@H]1CC. The first-order valence-corrected chi connectivity index (χ1v) is 4.47. The van der Waals surface area contributed by atoms with E-state index in [1.165, 1.54) is 0 Å². The van der Waals surface area contributed by atoms with Crippen molar-refractivity contribution in [1.29, 1.82) is 0 Å². The Hall–Kier alpha value is -0.530. The van der Waals surface area contributed by atoms with E-state index in [2.05, 4.69) is 13.8 Å². The van der Waals surface area contributed by atoms with E-state index in [1.54, 1.807) is 0 Å². The highest BCUT2D eigenvalue weighted by Gasteiger charge is 2.32. The lowest BCUT2D eigenvalue weighted by atomic mass is 9.95. The third-order valence-corrected chi connectivity index (χ3v) is 2.34. The van der Waals surface area contributed by atoms with Crippen LogP contribution in [0.4, 0.5) is 0 Å². The van der Waals surface area contributed by atoms with Crippen molar-refractivity contribution in [2.75, 3.05) is 0 Å². The van der Waals surface area contributed by atoms with Gasteiger partial charge in [-0.2, -0.15) is 0 Å². The third-order valence-electron chi connectivity index (χ3n) is 2.34.